The van der Waals surface area contributed by atoms with Crippen molar-refractivity contribution in [2.45, 2.75) is 27.0 Å². The maximum absolute atomic E-state index is 13.1. The molecule has 0 N–H and O–H groups in total. The van der Waals surface area contributed by atoms with Crippen molar-refractivity contribution in [2.75, 3.05) is 0 Å². The van der Waals surface area contributed by atoms with Crippen molar-refractivity contribution in [1.29, 1.82) is 0 Å². The minimum absolute atomic E-state index is 0.560. The van der Waals surface area contributed by atoms with Gasteiger partial charge in [-0.25, -0.2) is 0 Å². The summed E-state index contributed by atoms with van der Waals surface area (Å²) in [5.41, 5.74) is -1.57. The second-order valence-electron chi connectivity index (χ2n) is 7.47. The van der Waals surface area contributed by atoms with Gasteiger partial charge in [0, 0.05) is 3.57 Å². The lowest BCUT2D eigenvalue weighted by atomic mass is 10.2. The molecule has 0 aliphatic rings. The molecule has 0 amide bonds. The Morgan fingerprint density at radius 3 is 1.14 bits per heavy atom. The van der Waals surface area contributed by atoms with Gasteiger partial charge in [-0.05, 0) is 134 Å². The van der Waals surface area contributed by atoms with Gasteiger partial charge in [0.25, 0.3) is 0 Å². The van der Waals surface area contributed by atoms with E-state index in [4.69, 9.17) is 4.74 Å². The van der Waals surface area contributed by atoms with E-state index >= 15 is 0 Å². The van der Waals surface area contributed by atoms with Gasteiger partial charge in [-0.15, -0.1) is 0 Å². The maximum Gasteiger partial charge on any atom is 0.416 e. The highest BCUT2D eigenvalue weighted by Crippen LogP contribution is 2.52. The molecular weight excluding hydrogens is 601 g/mol. The first-order valence-corrected chi connectivity index (χ1v) is 12.6. The number of thiol groups is 1. The van der Waals surface area contributed by atoms with Crippen molar-refractivity contribution in [3.63, 3.8) is 0 Å². The van der Waals surface area contributed by atoms with Crippen LogP contribution in [0.2, 0.25) is 0 Å². The van der Waals surface area contributed by atoms with Gasteiger partial charge in [0.15, 0.2) is 0 Å². The van der Waals surface area contributed by atoms with Gasteiger partial charge in [-0.2, -0.15) is 37.2 Å². The summed E-state index contributed by atoms with van der Waals surface area (Å²) in [6.07, 6.45) is -8.96. The van der Waals surface area contributed by atoms with E-state index in [0.29, 0.717) is 21.3 Å². The largest absolute Gasteiger partial charge is 0.457 e. The van der Waals surface area contributed by atoms with Crippen molar-refractivity contribution >= 4 is 33.5 Å². The average Bonchev–Trinajstić information content (AvgIpc) is 2.81. The molecule has 4 aromatic carbocycles. The van der Waals surface area contributed by atoms with E-state index in [1.54, 1.807) is 24.3 Å². The van der Waals surface area contributed by atoms with Crippen LogP contribution < -0.4 is 4.74 Å². The Morgan fingerprint density at radius 2 is 0.800 bits per heavy atom. The first-order chi connectivity index (χ1) is 16.5. The maximum atomic E-state index is 13.1. The molecule has 0 unspecified atom stereocenters. The number of benzene rings is 4. The molecule has 4 aromatic rings. The van der Waals surface area contributed by atoms with Crippen LogP contribution in [0.25, 0.3) is 0 Å². The Bertz CT molecular complexity index is 1210. The zero-order valence-electron chi connectivity index (χ0n) is 17.7. The van der Waals surface area contributed by atoms with Crippen molar-refractivity contribution in [3.05, 3.63) is 112 Å². The lowest BCUT2D eigenvalue weighted by Gasteiger charge is -2.24. The first-order valence-electron chi connectivity index (χ1n) is 10.2. The molecule has 0 aliphatic carbocycles. The zero-order chi connectivity index (χ0) is 25.2. The van der Waals surface area contributed by atoms with E-state index in [-0.39, 0.29) is 0 Å². The van der Waals surface area contributed by atoms with Gasteiger partial charge in [0.2, 0.25) is 0 Å². The molecule has 182 valence electrons. The van der Waals surface area contributed by atoms with Gasteiger partial charge in [0.05, 0.1) is 11.1 Å². The molecular formula is C26H17F6IOS. The van der Waals surface area contributed by atoms with Crippen LogP contribution in [0, 0.1) is 3.57 Å². The summed E-state index contributed by atoms with van der Waals surface area (Å²) in [6, 6.07) is 23.9. The van der Waals surface area contributed by atoms with E-state index in [1.165, 1.54) is 24.3 Å². The van der Waals surface area contributed by atoms with Gasteiger partial charge in [-0.3, -0.25) is 0 Å². The number of hydrogen-bond acceptors (Lipinski definition) is 1. The van der Waals surface area contributed by atoms with Crippen LogP contribution in [0.15, 0.2) is 112 Å². The van der Waals surface area contributed by atoms with Crippen LogP contribution >= 0.6 is 33.5 Å². The quantitative estimate of drug-likeness (QED) is 0.133. The van der Waals surface area contributed by atoms with Gasteiger partial charge in [0.1, 0.15) is 11.5 Å². The van der Waals surface area contributed by atoms with Crippen molar-refractivity contribution < 1.29 is 31.1 Å². The molecule has 0 fully saturated rings. The normalized spacial score (nSPS) is 12.4. The molecule has 0 saturated heterocycles. The van der Waals surface area contributed by atoms with E-state index in [1.807, 2.05) is 24.3 Å². The second-order valence-corrected chi connectivity index (χ2v) is 10.9. The van der Waals surface area contributed by atoms with E-state index in [9.17, 15) is 26.3 Å². The molecule has 0 aromatic heterocycles. The summed E-state index contributed by atoms with van der Waals surface area (Å²) < 4.78 is 85.2. The van der Waals surface area contributed by atoms with E-state index in [0.717, 1.165) is 32.7 Å². The SMILES string of the molecule is FC(F)(F)c1ccc([SH](c2ccc(Oc3ccc(I)cc3)cc2)c2ccc(C(F)(F)F)cc2)cc1. The number of hydrogen-bond donors (Lipinski definition) is 1. The lowest BCUT2D eigenvalue weighted by molar-refractivity contribution is -0.138. The first kappa shape index (κ1) is 25.4. The Balaban J connectivity index is 1.69. The third kappa shape index (κ3) is 6.32. The van der Waals surface area contributed by atoms with Crippen molar-refractivity contribution in [2.24, 2.45) is 0 Å². The van der Waals surface area contributed by atoms with E-state index < -0.39 is 34.4 Å². The summed E-state index contributed by atoms with van der Waals surface area (Å²) in [5.74, 6) is 1.20. The fourth-order valence-corrected chi connectivity index (χ4v) is 5.94. The highest BCUT2D eigenvalue weighted by molar-refractivity contribution is 14.1. The Labute approximate surface area is 214 Å². The second kappa shape index (κ2) is 10.1. The van der Waals surface area contributed by atoms with Crippen LogP contribution in [0.1, 0.15) is 11.1 Å². The third-order valence-corrected chi connectivity index (χ3v) is 8.21. The molecule has 0 heterocycles. The standard InChI is InChI=1S/C26H17F6IOS/c27-25(28,29)17-1-11-22(12-2-17)35(23-13-3-18(4-14-23)26(30,31)32)24-15-9-21(10-16-24)34-20-7-5-19(33)6-8-20/h1-16,35H. The summed E-state index contributed by atoms with van der Waals surface area (Å²) >= 11 is 2.18. The summed E-state index contributed by atoms with van der Waals surface area (Å²) in [6.45, 7) is 0. The van der Waals surface area contributed by atoms with Crippen LogP contribution in [0.5, 0.6) is 11.5 Å². The number of alkyl halides is 6. The minimum atomic E-state index is -4.48. The molecule has 0 spiro atoms. The summed E-state index contributed by atoms with van der Waals surface area (Å²) in [5, 5.41) is 0. The Hall–Kier alpha value is -2.66. The molecule has 0 atom stereocenters. The lowest BCUT2D eigenvalue weighted by Crippen LogP contribution is -2.05. The monoisotopic (exact) mass is 618 g/mol. The molecule has 35 heavy (non-hydrogen) atoms. The minimum Gasteiger partial charge on any atom is -0.457 e. The smallest absolute Gasteiger partial charge is 0.416 e. The predicted octanol–water partition coefficient (Wildman–Crippen LogP) is 9.60. The van der Waals surface area contributed by atoms with Crippen molar-refractivity contribution in [1.82, 2.24) is 0 Å². The van der Waals surface area contributed by atoms with Gasteiger partial charge >= 0.3 is 12.4 Å². The summed E-state index contributed by atoms with van der Waals surface area (Å²) in [7, 11) is -1.41. The number of halogens is 7. The van der Waals surface area contributed by atoms with Crippen LogP contribution in [-0.2, 0) is 12.4 Å². The fraction of sp³-hybridized carbons (Fsp3) is 0.0769. The molecule has 1 nitrogen and oxygen atoms in total. The Morgan fingerprint density at radius 1 is 0.486 bits per heavy atom. The third-order valence-electron chi connectivity index (χ3n) is 5.05. The molecule has 0 bridgehead atoms. The topological polar surface area (TPSA) is 9.23 Å². The molecule has 0 saturated carbocycles. The van der Waals surface area contributed by atoms with Crippen LogP contribution in [0.4, 0.5) is 26.3 Å². The summed E-state index contributed by atoms with van der Waals surface area (Å²) in [4.78, 5) is 1.92. The van der Waals surface area contributed by atoms with Gasteiger partial charge < -0.3 is 4.74 Å². The number of rotatable bonds is 5. The van der Waals surface area contributed by atoms with Crippen LogP contribution in [-0.4, -0.2) is 0 Å². The fourth-order valence-electron chi connectivity index (χ4n) is 3.35. The molecule has 9 heteroatoms. The van der Waals surface area contributed by atoms with Crippen LogP contribution in [0.3, 0.4) is 0 Å². The highest BCUT2D eigenvalue weighted by Gasteiger charge is 2.31. The predicted molar refractivity (Wildman–Crippen MR) is 132 cm³/mol. The Kier molecular flexibility index (Phi) is 7.37. The van der Waals surface area contributed by atoms with Crippen molar-refractivity contribution in [3.8, 4) is 11.5 Å². The zero-order valence-corrected chi connectivity index (χ0v) is 20.8. The highest BCUT2D eigenvalue weighted by atomic mass is 127. The number of ether oxygens (including phenoxy) is 1. The average molecular weight is 618 g/mol. The van der Waals surface area contributed by atoms with E-state index in [2.05, 4.69) is 22.6 Å². The molecule has 0 aliphatic heterocycles. The molecule has 0 radical (unpaired) electrons. The van der Waals surface area contributed by atoms with Gasteiger partial charge in [-0.1, -0.05) is 0 Å². The molecule has 4 rings (SSSR count).